The van der Waals surface area contributed by atoms with Crippen molar-refractivity contribution in [2.24, 2.45) is 4.99 Å². The number of hydrogen-bond acceptors (Lipinski definition) is 3. The van der Waals surface area contributed by atoms with E-state index in [0.29, 0.717) is 5.76 Å². The summed E-state index contributed by atoms with van der Waals surface area (Å²) < 4.78 is 29.1. The minimum atomic E-state index is -2.46. The van der Waals surface area contributed by atoms with E-state index in [9.17, 15) is 13.9 Å². The average molecular weight is 389 g/mol. The summed E-state index contributed by atoms with van der Waals surface area (Å²) in [5.74, 6) is 0.585. The third-order valence-corrected chi connectivity index (χ3v) is 2.30. The average Bonchev–Trinajstić information content (AvgIpc) is 2.83. The number of rotatable bonds is 5. The van der Waals surface area contributed by atoms with Crippen molar-refractivity contribution in [1.29, 1.82) is 0 Å². The Hall–Kier alpha value is -0.900. The Morgan fingerprint density at radius 2 is 2.21 bits per heavy atom. The number of nitrogens with one attached hydrogen (secondary N) is 2. The highest BCUT2D eigenvalue weighted by molar-refractivity contribution is 14.0. The van der Waals surface area contributed by atoms with Crippen molar-refractivity contribution in [3.8, 4) is 0 Å². The smallest absolute Gasteiger partial charge is 0.255 e. The molecule has 1 unspecified atom stereocenters. The largest absolute Gasteiger partial charge is 0.466 e. The summed E-state index contributed by atoms with van der Waals surface area (Å²) in [4.78, 5) is 3.76. The summed E-state index contributed by atoms with van der Waals surface area (Å²) in [6, 6.07) is 3.30. The summed E-state index contributed by atoms with van der Waals surface area (Å²) >= 11 is 0. The van der Waals surface area contributed by atoms with Gasteiger partial charge in [-0.25, -0.2) is 8.78 Å². The topological polar surface area (TPSA) is 69.8 Å². The fourth-order valence-corrected chi connectivity index (χ4v) is 1.32. The molecule has 1 aromatic rings. The number of alkyl halides is 2. The second-order valence-electron chi connectivity index (χ2n) is 3.95. The van der Waals surface area contributed by atoms with Crippen LogP contribution in [0.5, 0.6) is 0 Å². The van der Waals surface area contributed by atoms with E-state index in [-0.39, 0.29) is 36.5 Å². The molecule has 0 aromatic carbocycles. The first-order valence-corrected chi connectivity index (χ1v) is 5.44. The second-order valence-corrected chi connectivity index (χ2v) is 3.95. The molecular weight excluding hydrogens is 371 g/mol. The predicted octanol–water partition coefficient (Wildman–Crippen LogP) is 1.54. The van der Waals surface area contributed by atoms with Gasteiger partial charge in [0.2, 0.25) is 0 Å². The quantitative estimate of drug-likeness (QED) is 0.406. The van der Waals surface area contributed by atoms with Crippen LogP contribution >= 0.6 is 24.0 Å². The van der Waals surface area contributed by atoms with Gasteiger partial charge in [-0.05, 0) is 19.1 Å². The van der Waals surface area contributed by atoms with Gasteiger partial charge in [0.15, 0.2) is 5.96 Å². The van der Waals surface area contributed by atoms with Crippen molar-refractivity contribution < 1.29 is 18.3 Å². The van der Waals surface area contributed by atoms with E-state index < -0.39 is 18.6 Å². The number of halogens is 3. The molecule has 1 rings (SSSR count). The Kier molecular flexibility index (Phi) is 7.91. The molecule has 0 saturated heterocycles. The summed E-state index contributed by atoms with van der Waals surface area (Å²) in [7, 11) is 1.46. The Morgan fingerprint density at radius 3 is 2.68 bits per heavy atom. The highest BCUT2D eigenvalue weighted by atomic mass is 127. The van der Waals surface area contributed by atoms with Gasteiger partial charge in [-0.2, -0.15) is 0 Å². The molecule has 5 nitrogen and oxygen atoms in total. The molecule has 1 atom stereocenters. The van der Waals surface area contributed by atoms with Crippen molar-refractivity contribution in [1.82, 2.24) is 10.6 Å². The zero-order valence-electron chi connectivity index (χ0n) is 10.7. The van der Waals surface area contributed by atoms with Gasteiger partial charge in [0, 0.05) is 7.05 Å². The zero-order valence-corrected chi connectivity index (χ0v) is 13.0. The first-order valence-electron chi connectivity index (χ1n) is 5.44. The van der Waals surface area contributed by atoms with Crippen LogP contribution in [-0.2, 0) is 5.60 Å². The van der Waals surface area contributed by atoms with Crippen LogP contribution in [0.1, 0.15) is 12.7 Å². The van der Waals surface area contributed by atoms with Crippen molar-refractivity contribution in [2.45, 2.75) is 19.0 Å². The third-order valence-electron chi connectivity index (χ3n) is 2.30. The van der Waals surface area contributed by atoms with Crippen LogP contribution in [-0.4, -0.2) is 37.6 Å². The number of guanidine groups is 1. The third kappa shape index (κ3) is 6.19. The SMILES string of the molecule is CN=C(NCC(F)F)NCC(C)(O)c1ccco1.I. The van der Waals surface area contributed by atoms with E-state index in [1.807, 2.05) is 0 Å². The molecule has 0 saturated carbocycles. The molecule has 110 valence electrons. The lowest BCUT2D eigenvalue weighted by Gasteiger charge is -2.22. The summed E-state index contributed by atoms with van der Waals surface area (Å²) in [5, 5.41) is 15.3. The molecule has 0 amide bonds. The minimum Gasteiger partial charge on any atom is -0.466 e. The van der Waals surface area contributed by atoms with Crippen LogP contribution in [0.4, 0.5) is 8.78 Å². The number of aliphatic hydroxyl groups is 1. The summed E-state index contributed by atoms with van der Waals surface area (Å²) in [6.45, 7) is 1.14. The maximum atomic E-state index is 12.0. The van der Waals surface area contributed by atoms with Gasteiger partial charge >= 0.3 is 0 Å². The molecule has 0 aliphatic heterocycles. The highest BCUT2D eigenvalue weighted by Gasteiger charge is 2.26. The van der Waals surface area contributed by atoms with Gasteiger partial charge in [0.1, 0.15) is 11.4 Å². The van der Waals surface area contributed by atoms with Crippen LogP contribution in [0.3, 0.4) is 0 Å². The zero-order chi connectivity index (χ0) is 13.6. The van der Waals surface area contributed by atoms with Gasteiger partial charge in [0.25, 0.3) is 6.43 Å². The van der Waals surface area contributed by atoms with Crippen LogP contribution in [0.25, 0.3) is 0 Å². The van der Waals surface area contributed by atoms with E-state index in [4.69, 9.17) is 4.42 Å². The Labute approximate surface area is 127 Å². The molecule has 1 heterocycles. The molecule has 0 aliphatic carbocycles. The molecule has 0 radical (unpaired) electrons. The number of aliphatic imine (C=N–C) groups is 1. The molecule has 0 spiro atoms. The summed E-state index contributed by atoms with van der Waals surface area (Å²) in [6.07, 6.45) is -1.01. The lowest BCUT2D eigenvalue weighted by molar-refractivity contribution is 0.0385. The fraction of sp³-hybridized carbons (Fsp3) is 0.545. The maximum absolute atomic E-state index is 12.0. The van der Waals surface area contributed by atoms with Crippen molar-refractivity contribution in [2.75, 3.05) is 20.1 Å². The molecule has 19 heavy (non-hydrogen) atoms. The minimum absolute atomic E-state index is 0. The van der Waals surface area contributed by atoms with E-state index in [0.717, 1.165) is 0 Å². The molecule has 8 heteroatoms. The first kappa shape index (κ1) is 18.1. The Balaban J connectivity index is 0.00000324. The fourth-order valence-electron chi connectivity index (χ4n) is 1.32. The summed E-state index contributed by atoms with van der Waals surface area (Å²) in [5.41, 5.74) is -1.24. The molecule has 1 aromatic heterocycles. The second kappa shape index (κ2) is 8.31. The first-order chi connectivity index (χ1) is 8.45. The van der Waals surface area contributed by atoms with E-state index >= 15 is 0 Å². The Bertz CT molecular complexity index is 383. The van der Waals surface area contributed by atoms with Crippen LogP contribution in [0.2, 0.25) is 0 Å². The van der Waals surface area contributed by atoms with Gasteiger partial charge < -0.3 is 20.2 Å². The van der Waals surface area contributed by atoms with Gasteiger partial charge in [-0.15, -0.1) is 24.0 Å². The van der Waals surface area contributed by atoms with Gasteiger partial charge in [-0.1, -0.05) is 0 Å². The van der Waals surface area contributed by atoms with E-state index in [1.54, 1.807) is 19.1 Å². The van der Waals surface area contributed by atoms with Gasteiger partial charge in [-0.3, -0.25) is 4.99 Å². The van der Waals surface area contributed by atoms with Crippen molar-refractivity contribution >= 4 is 29.9 Å². The monoisotopic (exact) mass is 389 g/mol. The van der Waals surface area contributed by atoms with Crippen LogP contribution in [0, 0.1) is 0 Å². The predicted molar refractivity (Wildman–Crippen MR) is 79.1 cm³/mol. The Morgan fingerprint density at radius 1 is 1.53 bits per heavy atom. The highest BCUT2D eigenvalue weighted by Crippen LogP contribution is 2.19. The number of furan rings is 1. The molecule has 0 aliphatic rings. The molecule has 0 fully saturated rings. The van der Waals surface area contributed by atoms with Crippen LogP contribution in [0.15, 0.2) is 27.8 Å². The molecular formula is C11H18F2IN3O2. The lowest BCUT2D eigenvalue weighted by Crippen LogP contribution is -2.45. The van der Waals surface area contributed by atoms with E-state index in [2.05, 4.69) is 15.6 Å². The van der Waals surface area contributed by atoms with Crippen LogP contribution < -0.4 is 10.6 Å². The molecule has 3 N–H and O–H groups in total. The number of nitrogens with zero attached hydrogens (tertiary/aromatic N) is 1. The molecule has 0 bridgehead atoms. The van der Waals surface area contributed by atoms with Crippen molar-refractivity contribution in [3.05, 3.63) is 24.2 Å². The number of hydrogen-bond donors (Lipinski definition) is 3. The normalized spacial score (nSPS) is 14.7. The maximum Gasteiger partial charge on any atom is 0.255 e. The van der Waals surface area contributed by atoms with E-state index in [1.165, 1.54) is 13.3 Å². The van der Waals surface area contributed by atoms with Gasteiger partial charge in [0.05, 0.1) is 19.4 Å². The van der Waals surface area contributed by atoms with Crippen molar-refractivity contribution in [3.63, 3.8) is 0 Å². The lowest BCUT2D eigenvalue weighted by atomic mass is 10.0. The standard InChI is InChI=1S/C11H17F2N3O2.HI/c1-11(17,8-4-3-5-18-8)7-16-10(14-2)15-6-9(12)13;/h3-5,9,17H,6-7H2,1-2H3,(H2,14,15,16);1H.